The molecule has 1 heterocycles. The minimum atomic E-state index is 0.0370. The number of hydrogen-bond acceptors (Lipinski definition) is 2. The molecule has 0 saturated heterocycles. The number of nitrogens with one attached hydrogen (secondary N) is 1. The van der Waals surface area contributed by atoms with Crippen molar-refractivity contribution < 1.29 is 9.90 Å². The zero-order chi connectivity index (χ0) is 14.1. The van der Waals surface area contributed by atoms with Crippen molar-refractivity contribution >= 4 is 16.8 Å². The van der Waals surface area contributed by atoms with E-state index >= 15 is 0 Å². The number of aliphatic hydroxyl groups is 1. The number of fused-ring (bicyclic) bond motifs is 1. The van der Waals surface area contributed by atoms with E-state index in [2.05, 4.69) is 30.1 Å². The second kappa shape index (κ2) is 5.29. The third-order valence-electron chi connectivity index (χ3n) is 3.91. The van der Waals surface area contributed by atoms with Gasteiger partial charge in [0.1, 0.15) is 0 Å². The van der Waals surface area contributed by atoms with Crippen LogP contribution < -0.4 is 0 Å². The molecule has 1 aliphatic rings. The topological polar surface area (TPSA) is 56.3 Å². The Bertz CT molecular complexity index is 628. The lowest BCUT2D eigenvalue weighted by atomic mass is 10.1. The van der Waals surface area contributed by atoms with Crippen LogP contribution in [0.2, 0.25) is 0 Å². The van der Waals surface area contributed by atoms with Gasteiger partial charge in [-0.25, -0.2) is 0 Å². The minimum absolute atomic E-state index is 0.0370. The van der Waals surface area contributed by atoms with Crippen LogP contribution in [0.1, 0.15) is 24.0 Å². The molecule has 0 bridgehead atoms. The molecule has 106 valence electrons. The average Bonchev–Trinajstić information content (AvgIpc) is 3.19. The van der Waals surface area contributed by atoms with Crippen molar-refractivity contribution in [3.63, 3.8) is 0 Å². The van der Waals surface area contributed by atoms with E-state index in [4.69, 9.17) is 5.11 Å². The Labute approximate surface area is 118 Å². The minimum Gasteiger partial charge on any atom is -0.395 e. The van der Waals surface area contributed by atoms with E-state index in [1.165, 1.54) is 5.56 Å². The second-order valence-corrected chi connectivity index (χ2v) is 5.58. The third-order valence-corrected chi connectivity index (χ3v) is 3.91. The number of amides is 1. The number of H-pyrrole nitrogens is 1. The van der Waals surface area contributed by atoms with Crippen molar-refractivity contribution in [2.75, 3.05) is 13.2 Å². The van der Waals surface area contributed by atoms with E-state index in [1.54, 1.807) is 0 Å². The van der Waals surface area contributed by atoms with Crippen LogP contribution in [0.15, 0.2) is 24.4 Å². The zero-order valence-corrected chi connectivity index (χ0v) is 11.7. The molecule has 4 heteroatoms. The molecule has 0 unspecified atom stereocenters. The van der Waals surface area contributed by atoms with Gasteiger partial charge in [0.2, 0.25) is 5.91 Å². The molecule has 0 atom stereocenters. The van der Waals surface area contributed by atoms with Crippen LogP contribution in [0.4, 0.5) is 0 Å². The molecule has 0 aliphatic heterocycles. The van der Waals surface area contributed by atoms with E-state index in [0.717, 1.165) is 29.3 Å². The monoisotopic (exact) mass is 272 g/mol. The summed E-state index contributed by atoms with van der Waals surface area (Å²) in [5, 5.41) is 10.2. The number of carbonyl (C=O) groups excluding carboxylic acids is 1. The van der Waals surface area contributed by atoms with E-state index < -0.39 is 0 Å². The second-order valence-electron chi connectivity index (χ2n) is 5.58. The maximum absolute atomic E-state index is 12.4. The number of aliphatic hydroxyl groups excluding tert-OH is 1. The molecule has 2 aromatic rings. The van der Waals surface area contributed by atoms with Crippen LogP contribution >= 0.6 is 0 Å². The van der Waals surface area contributed by atoms with Crippen molar-refractivity contribution in [3.8, 4) is 0 Å². The normalized spacial score (nSPS) is 14.7. The lowest BCUT2D eigenvalue weighted by Crippen LogP contribution is -2.36. The van der Waals surface area contributed by atoms with Crippen LogP contribution in [0.3, 0.4) is 0 Å². The van der Waals surface area contributed by atoms with Gasteiger partial charge in [-0.3, -0.25) is 4.79 Å². The fourth-order valence-corrected chi connectivity index (χ4v) is 2.72. The summed E-state index contributed by atoms with van der Waals surface area (Å²) >= 11 is 0. The summed E-state index contributed by atoms with van der Waals surface area (Å²) in [4.78, 5) is 17.4. The van der Waals surface area contributed by atoms with Gasteiger partial charge in [0.25, 0.3) is 0 Å². The third kappa shape index (κ3) is 2.56. The van der Waals surface area contributed by atoms with Gasteiger partial charge < -0.3 is 15.0 Å². The van der Waals surface area contributed by atoms with Crippen LogP contribution in [0, 0.1) is 6.92 Å². The molecule has 1 saturated carbocycles. The van der Waals surface area contributed by atoms with Crippen molar-refractivity contribution in [2.45, 2.75) is 32.2 Å². The smallest absolute Gasteiger partial charge is 0.227 e. The molecule has 0 radical (unpaired) electrons. The van der Waals surface area contributed by atoms with Crippen LogP contribution in [0.5, 0.6) is 0 Å². The summed E-state index contributed by atoms with van der Waals surface area (Å²) in [5.74, 6) is 0.114. The highest BCUT2D eigenvalue weighted by Crippen LogP contribution is 2.28. The summed E-state index contributed by atoms with van der Waals surface area (Å²) in [6.45, 7) is 2.54. The maximum atomic E-state index is 12.4. The average molecular weight is 272 g/mol. The lowest BCUT2D eigenvalue weighted by Gasteiger charge is -2.21. The number of carbonyl (C=O) groups is 1. The Hall–Kier alpha value is -1.81. The van der Waals surface area contributed by atoms with Crippen molar-refractivity contribution in [1.29, 1.82) is 0 Å². The largest absolute Gasteiger partial charge is 0.395 e. The molecule has 1 aromatic carbocycles. The van der Waals surface area contributed by atoms with Crippen molar-refractivity contribution in [2.24, 2.45) is 0 Å². The van der Waals surface area contributed by atoms with Crippen LogP contribution in [0.25, 0.3) is 10.9 Å². The number of nitrogens with zero attached hydrogens (tertiary/aromatic N) is 1. The molecular weight excluding hydrogens is 252 g/mol. The SMILES string of the molecule is Cc1ccc2c(CC(=O)N(CCO)C3CC3)c[nH]c2c1. The molecule has 0 spiro atoms. The first kappa shape index (κ1) is 13.2. The molecule has 1 aliphatic carbocycles. The van der Waals surface area contributed by atoms with E-state index in [1.807, 2.05) is 11.1 Å². The summed E-state index contributed by atoms with van der Waals surface area (Å²) in [6.07, 6.45) is 4.46. The Morgan fingerprint density at radius 3 is 2.95 bits per heavy atom. The molecule has 2 N–H and O–H groups in total. The fraction of sp³-hybridized carbons (Fsp3) is 0.438. The highest BCUT2D eigenvalue weighted by atomic mass is 16.3. The number of hydrogen-bond donors (Lipinski definition) is 2. The number of benzene rings is 1. The van der Waals surface area contributed by atoms with Gasteiger partial charge in [-0.1, -0.05) is 12.1 Å². The predicted octanol–water partition coefficient (Wildman–Crippen LogP) is 2.00. The summed E-state index contributed by atoms with van der Waals surface area (Å²) in [5.41, 5.74) is 3.32. The molecule has 1 aromatic heterocycles. The van der Waals surface area contributed by atoms with Gasteiger partial charge in [0, 0.05) is 29.7 Å². The first-order chi connectivity index (χ1) is 9.69. The summed E-state index contributed by atoms with van der Waals surface area (Å²) in [6, 6.07) is 6.57. The van der Waals surface area contributed by atoms with Crippen LogP contribution in [-0.4, -0.2) is 40.1 Å². The zero-order valence-electron chi connectivity index (χ0n) is 11.7. The number of rotatable bonds is 5. The fourth-order valence-electron chi connectivity index (χ4n) is 2.72. The van der Waals surface area contributed by atoms with E-state index in [0.29, 0.717) is 19.0 Å². The summed E-state index contributed by atoms with van der Waals surface area (Å²) in [7, 11) is 0. The maximum Gasteiger partial charge on any atom is 0.227 e. The first-order valence-corrected chi connectivity index (χ1v) is 7.16. The Balaban J connectivity index is 1.79. The van der Waals surface area contributed by atoms with Gasteiger partial charge in [-0.2, -0.15) is 0 Å². The highest BCUT2D eigenvalue weighted by molar-refractivity contribution is 5.89. The first-order valence-electron chi connectivity index (χ1n) is 7.16. The number of aryl methyl sites for hydroxylation is 1. The number of aromatic nitrogens is 1. The molecule has 1 amide bonds. The molecule has 4 nitrogen and oxygen atoms in total. The Morgan fingerprint density at radius 2 is 2.25 bits per heavy atom. The molecule has 3 rings (SSSR count). The Morgan fingerprint density at radius 1 is 1.45 bits per heavy atom. The van der Waals surface area contributed by atoms with Gasteiger partial charge in [0.05, 0.1) is 13.0 Å². The lowest BCUT2D eigenvalue weighted by molar-refractivity contribution is -0.131. The van der Waals surface area contributed by atoms with Crippen molar-refractivity contribution in [1.82, 2.24) is 9.88 Å². The summed E-state index contributed by atoms with van der Waals surface area (Å²) < 4.78 is 0. The van der Waals surface area contributed by atoms with Gasteiger partial charge in [0.15, 0.2) is 0 Å². The van der Waals surface area contributed by atoms with Gasteiger partial charge in [-0.05, 0) is 37.0 Å². The standard InChI is InChI=1S/C16H20N2O2/c1-11-2-5-14-12(10-17-15(14)8-11)9-16(20)18(6-7-19)13-3-4-13/h2,5,8,10,13,17,19H,3-4,6-7,9H2,1H3. The van der Waals surface area contributed by atoms with Crippen LogP contribution in [-0.2, 0) is 11.2 Å². The predicted molar refractivity (Wildman–Crippen MR) is 78.6 cm³/mol. The van der Waals surface area contributed by atoms with Gasteiger partial charge in [-0.15, -0.1) is 0 Å². The number of aromatic amines is 1. The van der Waals surface area contributed by atoms with E-state index in [-0.39, 0.29) is 12.5 Å². The molecule has 1 fully saturated rings. The van der Waals surface area contributed by atoms with Crippen molar-refractivity contribution in [3.05, 3.63) is 35.5 Å². The van der Waals surface area contributed by atoms with Gasteiger partial charge >= 0.3 is 0 Å². The quantitative estimate of drug-likeness (QED) is 0.874. The molecular formula is C16H20N2O2. The Kier molecular flexibility index (Phi) is 3.49. The van der Waals surface area contributed by atoms with E-state index in [9.17, 15) is 4.79 Å². The molecule has 20 heavy (non-hydrogen) atoms. The highest BCUT2D eigenvalue weighted by Gasteiger charge is 2.32.